The first-order valence-corrected chi connectivity index (χ1v) is 14.8. The van der Waals surface area contributed by atoms with Gasteiger partial charge in [-0.3, -0.25) is 4.79 Å². The second-order valence-corrected chi connectivity index (χ2v) is 10.8. The van der Waals surface area contributed by atoms with E-state index in [0.717, 1.165) is 36.1 Å². The predicted molar refractivity (Wildman–Crippen MR) is 158 cm³/mol. The maximum Gasteiger partial charge on any atom is 0.338 e. The van der Waals surface area contributed by atoms with Crippen molar-refractivity contribution in [3.8, 4) is 5.75 Å². The number of hydrogen-bond donors (Lipinski definition) is 0. The average Bonchev–Trinajstić information content (AvgIpc) is 2.98. The van der Waals surface area contributed by atoms with E-state index in [4.69, 9.17) is 14.2 Å². The number of unbranched alkanes of at least 4 members (excludes halogenated alkanes) is 2. The van der Waals surface area contributed by atoms with Crippen molar-refractivity contribution < 1.29 is 28.0 Å². The number of hydrogen-bond acceptors (Lipinski definition) is 6. The summed E-state index contributed by atoms with van der Waals surface area (Å²) in [5.41, 5.74) is 2.41. The first kappa shape index (κ1) is 30.8. The van der Waals surface area contributed by atoms with Gasteiger partial charge in [0, 0.05) is 9.79 Å². The SMILES string of the molecule is CCOC(=O)c1cccc(S(=O)c2cccc(CC(CCCCC=Cc3ccc(OC)cc3)C(=O)OCC)c2)c1. The number of carbonyl (C=O) groups excluding carboxylic acids is 2. The number of benzene rings is 3. The zero-order valence-corrected chi connectivity index (χ0v) is 24.3. The summed E-state index contributed by atoms with van der Waals surface area (Å²) in [5.74, 6) is -0.0861. The fraction of sp³-hybridized carbons (Fsp3) is 0.333. The number of rotatable bonds is 15. The zero-order valence-electron chi connectivity index (χ0n) is 23.5. The summed E-state index contributed by atoms with van der Waals surface area (Å²) in [4.78, 5) is 26.0. The molecule has 0 aliphatic carbocycles. The molecule has 0 saturated carbocycles. The Labute approximate surface area is 239 Å². The fourth-order valence-electron chi connectivity index (χ4n) is 4.31. The van der Waals surface area contributed by atoms with E-state index in [1.165, 1.54) is 0 Å². The number of ether oxygens (including phenoxy) is 3. The molecule has 0 bridgehead atoms. The Morgan fingerprint density at radius 3 is 2.27 bits per heavy atom. The monoisotopic (exact) mass is 562 g/mol. The fourth-order valence-corrected chi connectivity index (χ4v) is 5.48. The van der Waals surface area contributed by atoms with E-state index >= 15 is 0 Å². The molecular weight excluding hydrogens is 524 g/mol. The van der Waals surface area contributed by atoms with Gasteiger partial charge in [0.25, 0.3) is 0 Å². The van der Waals surface area contributed by atoms with Crippen LogP contribution in [0.1, 0.15) is 61.0 Å². The van der Waals surface area contributed by atoms with Crippen molar-refractivity contribution in [1.29, 1.82) is 0 Å². The van der Waals surface area contributed by atoms with Crippen molar-refractivity contribution in [2.45, 2.75) is 55.7 Å². The molecule has 0 heterocycles. The van der Waals surface area contributed by atoms with Crippen LogP contribution in [0, 0.1) is 5.92 Å². The van der Waals surface area contributed by atoms with E-state index in [-0.39, 0.29) is 18.5 Å². The van der Waals surface area contributed by atoms with Gasteiger partial charge in [-0.05, 0) is 93.1 Å². The molecular formula is C33H38O6S. The molecule has 0 amide bonds. The molecule has 0 aromatic heterocycles. The van der Waals surface area contributed by atoms with Gasteiger partial charge in [0.1, 0.15) is 5.75 Å². The van der Waals surface area contributed by atoms with Crippen LogP contribution in [-0.4, -0.2) is 36.5 Å². The van der Waals surface area contributed by atoms with Crippen molar-refractivity contribution in [3.63, 3.8) is 0 Å². The molecule has 0 fully saturated rings. The largest absolute Gasteiger partial charge is 0.497 e. The van der Waals surface area contributed by atoms with Crippen molar-refractivity contribution >= 4 is 28.8 Å². The molecule has 3 aromatic carbocycles. The average molecular weight is 563 g/mol. The van der Waals surface area contributed by atoms with Crippen molar-refractivity contribution in [2.24, 2.45) is 5.92 Å². The van der Waals surface area contributed by atoms with Crippen LogP contribution in [-0.2, 0) is 31.5 Å². The highest BCUT2D eigenvalue weighted by Gasteiger charge is 2.21. The summed E-state index contributed by atoms with van der Waals surface area (Å²) in [7, 11) is 0.171. The van der Waals surface area contributed by atoms with Crippen LogP contribution in [0.15, 0.2) is 88.7 Å². The third-order valence-electron chi connectivity index (χ3n) is 6.37. The molecule has 2 atom stereocenters. The minimum atomic E-state index is -1.48. The molecule has 212 valence electrons. The molecule has 0 N–H and O–H groups in total. The summed E-state index contributed by atoms with van der Waals surface area (Å²) < 4.78 is 28.9. The summed E-state index contributed by atoms with van der Waals surface area (Å²) >= 11 is 0. The Kier molecular flexibility index (Phi) is 12.6. The molecule has 40 heavy (non-hydrogen) atoms. The minimum Gasteiger partial charge on any atom is -0.497 e. The van der Waals surface area contributed by atoms with Crippen LogP contribution in [0.3, 0.4) is 0 Å². The predicted octanol–water partition coefficient (Wildman–Crippen LogP) is 7.03. The van der Waals surface area contributed by atoms with Gasteiger partial charge in [-0.2, -0.15) is 0 Å². The summed E-state index contributed by atoms with van der Waals surface area (Å²) in [5, 5.41) is 0. The van der Waals surface area contributed by atoms with Crippen LogP contribution in [0.2, 0.25) is 0 Å². The first-order valence-electron chi connectivity index (χ1n) is 13.7. The molecule has 3 aromatic rings. The second kappa shape index (κ2) is 16.4. The number of allylic oxidation sites excluding steroid dienone is 1. The highest BCUT2D eigenvalue weighted by atomic mass is 32.2. The lowest BCUT2D eigenvalue weighted by Gasteiger charge is -2.16. The summed E-state index contributed by atoms with van der Waals surface area (Å²) in [6.07, 6.45) is 8.23. The maximum atomic E-state index is 13.3. The topological polar surface area (TPSA) is 78.9 Å². The number of esters is 2. The normalized spacial score (nSPS) is 12.6. The molecule has 6 nitrogen and oxygen atoms in total. The van der Waals surface area contributed by atoms with Gasteiger partial charge in [-0.25, -0.2) is 9.00 Å². The molecule has 0 radical (unpaired) electrons. The van der Waals surface area contributed by atoms with Crippen molar-refractivity contribution in [1.82, 2.24) is 0 Å². The summed E-state index contributed by atoms with van der Waals surface area (Å²) in [6, 6.07) is 22.1. The standard InChI is InChI=1S/C33H38O6S/c1-4-38-32(34)27(14-9-7-6-8-12-25-18-20-29(37-3)21-19-25)22-26-13-10-16-30(23-26)40(36)31-17-11-15-28(24-31)33(35)39-5-2/h8,10-13,15-21,23-24,27H,4-7,9,14,22H2,1-3H3. The smallest absolute Gasteiger partial charge is 0.338 e. The molecule has 7 heteroatoms. The highest BCUT2D eigenvalue weighted by Crippen LogP contribution is 2.23. The zero-order chi connectivity index (χ0) is 28.7. The van der Waals surface area contributed by atoms with E-state index in [2.05, 4.69) is 12.2 Å². The van der Waals surface area contributed by atoms with E-state index < -0.39 is 16.8 Å². The van der Waals surface area contributed by atoms with Gasteiger partial charge in [0.2, 0.25) is 0 Å². The van der Waals surface area contributed by atoms with Gasteiger partial charge in [-0.1, -0.05) is 48.9 Å². The molecule has 3 rings (SSSR count). The van der Waals surface area contributed by atoms with Crippen LogP contribution in [0.5, 0.6) is 5.75 Å². The number of methoxy groups -OCH3 is 1. The van der Waals surface area contributed by atoms with Gasteiger partial charge < -0.3 is 14.2 Å². The van der Waals surface area contributed by atoms with Crippen LogP contribution in [0.4, 0.5) is 0 Å². The maximum absolute atomic E-state index is 13.3. The lowest BCUT2D eigenvalue weighted by molar-refractivity contribution is -0.148. The highest BCUT2D eigenvalue weighted by molar-refractivity contribution is 7.85. The lowest BCUT2D eigenvalue weighted by atomic mass is 9.93. The van der Waals surface area contributed by atoms with E-state index in [9.17, 15) is 13.8 Å². The summed E-state index contributed by atoms with van der Waals surface area (Å²) in [6.45, 7) is 4.17. The Balaban J connectivity index is 1.61. The van der Waals surface area contributed by atoms with Gasteiger partial charge in [-0.15, -0.1) is 0 Å². The Hall–Kier alpha value is -3.71. The van der Waals surface area contributed by atoms with Gasteiger partial charge in [0.15, 0.2) is 0 Å². The molecule has 0 saturated heterocycles. The third kappa shape index (κ3) is 9.49. The molecule has 0 aliphatic rings. The van der Waals surface area contributed by atoms with Crippen molar-refractivity contribution in [3.05, 3.63) is 95.6 Å². The minimum absolute atomic E-state index is 0.204. The lowest BCUT2D eigenvalue weighted by Crippen LogP contribution is -2.20. The molecule has 2 unspecified atom stereocenters. The quantitative estimate of drug-likeness (QED) is 0.146. The Bertz CT molecular complexity index is 1300. The third-order valence-corrected chi connectivity index (χ3v) is 7.74. The second-order valence-electron chi connectivity index (χ2n) is 9.28. The van der Waals surface area contributed by atoms with Crippen LogP contribution < -0.4 is 4.74 Å². The van der Waals surface area contributed by atoms with Gasteiger partial charge in [0.05, 0.1) is 42.6 Å². The molecule has 0 aliphatic heterocycles. The van der Waals surface area contributed by atoms with E-state index in [0.29, 0.717) is 34.8 Å². The van der Waals surface area contributed by atoms with Crippen LogP contribution in [0.25, 0.3) is 6.08 Å². The Morgan fingerprint density at radius 2 is 1.57 bits per heavy atom. The van der Waals surface area contributed by atoms with Gasteiger partial charge >= 0.3 is 11.9 Å². The first-order chi connectivity index (χ1) is 19.4. The Morgan fingerprint density at radius 1 is 0.875 bits per heavy atom. The van der Waals surface area contributed by atoms with Crippen molar-refractivity contribution in [2.75, 3.05) is 20.3 Å². The van der Waals surface area contributed by atoms with E-state index in [1.807, 2.05) is 49.4 Å². The van der Waals surface area contributed by atoms with E-state index in [1.54, 1.807) is 44.4 Å². The molecule has 0 spiro atoms. The number of carbonyl (C=O) groups is 2. The van der Waals surface area contributed by atoms with Crippen LogP contribution >= 0.6 is 0 Å².